The van der Waals surface area contributed by atoms with Gasteiger partial charge in [-0.1, -0.05) is 36.4 Å². The van der Waals surface area contributed by atoms with Crippen molar-refractivity contribution in [2.75, 3.05) is 5.43 Å². The Morgan fingerprint density at radius 2 is 1.46 bits per heavy atom. The fourth-order valence-electron chi connectivity index (χ4n) is 2.11. The lowest BCUT2D eigenvalue weighted by Crippen LogP contribution is -2.01. The number of azo groups is 1. The molecule has 0 bridgehead atoms. The van der Waals surface area contributed by atoms with E-state index in [0.29, 0.717) is 17.1 Å². The second-order valence-corrected chi connectivity index (χ2v) is 5.25. The van der Waals surface area contributed by atoms with Crippen LogP contribution in [0.3, 0.4) is 0 Å². The summed E-state index contributed by atoms with van der Waals surface area (Å²) in [5, 5.41) is 23.5. The highest BCUT2D eigenvalue weighted by Gasteiger charge is 2.08. The maximum absolute atomic E-state index is 10.8. The Bertz CT molecular complexity index is 923. The average molecular weight is 345 g/mol. The molecule has 0 fully saturated rings. The lowest BCUT2D eigenvalue weighted by atomic mass is 10.2. The zero-order valence-corrected chi connectivity index (χ0v) is 13.7. The Kier molecular flexibility index (Phi) is 5.41. The van der Waals surface area contributed by atoms with Crippen LogP contribution in [-0.4, -0.2) is 10.8 Å². The van der Waals surface area contributed by atoms with Gasteiger partial charge in [0.1, 0.15) is 0 Å². The molecular formula is C19H15N5O2. The van der Waals surface area contributed by atoms with Crippen molar-refractivity contribution in [3.05, 3.63) is 101 Å². The molecule has 0 amide bonds. The van der Waals surface area contributed by atoms with Gasteiger partial charge in [0.05, 0.1) is 16.3 Å². The zero-order chi connectivity index (χ0) is 18.2. The molecule has 3 aromatic rings. The van der Waals surface area contributed by atoms with Gasteiger partial charge in [-0.2, -0.15) is 5.10 Å². The van der Waals surface area contributed by atoms with E-state index in [1.807, 2.05) is 60.7 Å². The molecule has 0 heterocycles. The van der Waals surface area contributed by atoms with E-state index in [-0.39, 0.29) is 5.69 Å². The molecule has 0 saturated carbocycles. The number of rotatable bonds is 5. The maximum Gasteiger partial charge on any atom is 0.269 e. The predicted molar refractivity (Wildman–Crippen MR) is 101 cm³/mol. The second kappa shape index (κ2) is 8.29. The topological polar surface area (TPSA) is 92.2 Å². The van der Waals surface area contributed by atoms with E-state index >= 15 is 0 Å². The molecule has 128 valence electrons. The largest absolute Gasteiger partial charge is 0.276 e. The molecule has 0 aliphatic rings. The third-order valence-corrected chi connectivity index (χ3v) is 3.42. The van der Waals surface area contributed by atoms with Gasteiger partial charge in [-0.05, 0) is 36.4 Å². The van der Waals surface area contributed by atoms with Crippen LogP contribution in [0.5, 0.6) is 0 Å². The number of non-ortho nitro benzene ring substituents is 1. The molecule has 0 atom stereocenters. The van der Waals surface area contributed by atoms with Crippen molar-refractivity contribution in [2.24, 2.45) is 15.3 Å². The Morgan fingerprint density at radius 3 is 2.08 bits per heavy atom. The number of hydrogen-bond donors (Lipinski definition) is 1. The average Bonchev–Trinajstić information content (AvgIpc) is 2.70. The molecule has 26 heavy (non-hydrogen) atoms. The minimum absolute atomic E-state index is 0.00381. The van der Waals surface area contributed by atoms with Crippen molar-refractivity contribution in [1.82, 2.24) is 0 Å². The Hall–Kier alpha value is -3.87. The number of nitrogens with one attached hydrogen (secondary N) is 1. The van der Waals surface area contributed by atoms with Crippen LogP contribution in [0.15, 0.2) is 100 Å². The minimum atomic E-state index is -0.450. The van der Waals surface area contributed by atoms with Gasteiger partial charge in [-0.25, -0.2) is 0 Å². The van der Waals surface area contributed by atoms with Crippen LogP contribution < -0.4 is 5.43 Å². The third-order valence-electron chi connectivity index (χ3n) is 3.42. The van der Waals surface area contributed by atoms with Gasteiger partial charge in [0.15, 0.2) is 0 Å². The van der Waals surface area contributed by atoms with E-state index in [0.717, 1.165) is 5.69 Å². The number of amidine groups is 1. The molecule has 0 aliphatic carbocycles. The summed E-state index contributed by atoms with van der Waals surface area (Å²) >= 11 is 0. The molecule has 3 rings (SSSR count). The summed E-state index contributed by atoms with van der Waals surface area (Å²) < 4.78 is 0. The molecule has 0 aromatic heterocycles. The van der Waals surface area contributed by atoms with Crippen molar-refractivity contribution in [3.8, 4) is 0 Å². The van der Waals surface area contributed by atoms with Crippen LogP contribution in [0.4, 0.5) is 17.1 Å². The van der Waals surface area contributed by atoms with Gasteiger partial charge in [-0.3, -0.25) is 15.5 Å². The van der Waals surface area contributed by atoms with E-state index in [2.05, 4.69) is 20.8 Å². The first-order chi connectivity index (χ1) is 12.7. The number of benzene rings is 3. The quantitative estimate of drug-likeness (QED) is 0.228. The van der Waals surface area contributed by atoms with E-state index in [1.165, 1.54) is 12.1 Å². The molecular weight excluding hydrogens is 330 g/mol. The van der Waals surface area contributed by atoms with Gasteiger partial charge in [0, 0.05) is 17.7 Å². The summed E-state index contributed by atoms with van der Waals surface area (Å²) in [6.45, 7) is 0. The molecule has 0 spiro atoms. The molecule has 0 aliphatic heterocycles. The summed E-state index contributed by atoms with van der Waals surface area (Å²) in [6, 6.07) is 24.7. The fourth-order valence-corrected chi connectivity index (χ4v) is 2.11. The first-order valence-corrected chi connectivity index (χ1v) is 7.83. The molecule has 3 aromatic carbocycles. The third kappa shape index (κ3) is 4.57. The van der Waals surface area contributed by atoms with Crippen LogP contribution in [-0.2, 0) is 0 Å². The maximum atomic E-state index is 10.8. The van der Waals surface area contributed by atoms with Gasteiger partial charge in [0.25, 0.3) is 5.69 Å². The summed E-state index contributed by atoms with van der Waals surface area (Å²) in [5.41, 5.74) is 5.01. The highest BCUT2D eigenvalue weighted by atomic mass is 16.6. The lowest BCUT2D eigenvalue weighted by Gasteiger charge is -2.03. The second-order valence-electron chi connectivity index (χ2n) is 5.25. The van der Waals surface area contributed by atoms with Gasteiger partial charge in [0.2, 0.25) is 5.84 Å². The van der Waals surface area contributed by atoms with Gasteiger partial charge in [-0.15, -0.1) is 10.2 Å². The van der Waals surface area contributed by atoms with E-state index in [9.17, 15) is 10.1 Å². The summed E-state index contributed by atoms with van der Waals surface area (Å²) in [5.74, 6) is 0.313. The van der Waals surface area contributed by atoms with Gasteiger partial charge >= 0.3 is 0 Å². The molecule has 0 saturated heterocycles. The molecule has 1 N–H and O–H groups in total. The predicted octanol–water partition coefficient (Wildman–Crippen LogP) is 5.15. The number of para-hydroxylation sites is 1. The Morgan fingerprint density at radius 1 is 0.846 bits per heavy atom. The fraction of sp³-hybridized carbons (Fsp3) is 0. The number of anilines is 1. The first kappa shape index (κ1) is 17.0. The standard InChI is InChI=1S/C19H15N5O2/c25-24(26)18-13-11-15(12-14-18)19(22-20-16-7-3-1-4-8-16)23-21-17-9-5-2-6-10-17/h1-14,20H/b22-19-,23-21?. The molecule has 0 unspecified atom stereocenters. The zero-order valence-electron chi connectivity index (χ0n) is 13.7. The van der Waals surface area contributed by atoms with Crippen molar-refractivity contribution in [1.29, 1.82) is 0 Å². The summed E-state index contributed by atoms with van der Waals surface area (Å²) in [4.78, 5) is 10.4. The van der Waals surface area contributed by atoms with Crippen LogP contribution in [0.1, 0.15) is 5.56 Å². The van der Waals surface area contributed by atoms with Crippen LogP contribution in [0.25, 0.3) is 0 Å². The highest BCUT2D eigenvalue weighted by Crippen LogP contribution is 2.16. The van der Waals surface area contributed by atoms with Crippen molar-refractivity contribution in [2.45, 2.75) is 0 Å². The number of nitro benzene ring substituents is 1. The number of nitrogens with zero attached hydrogens (tertiary/aromatic N) is 4. The van der Waals surface area contributed by atoms with Crippen LogP contribution in [0, 0.1) is 10.1 Å². The molecule has 7 heteroatoms. The van der Waals surface area contributed by atoms with Gasteiger partial charge < -0.3 is 0 Å². The molecule has 7 nitrogen and oxygen atoms in total. The van der Waals surface area contributed by atoms with Crippen LogP contribution >= 0.6 is 0 Å². The van der Waals surface area contributed by atoms with Crippen molar-refractivity contribution >= 4 is 22.9 Å². The van der Waals surface area contributed by atoms with E-state index in [1.54, 1.807) is 12.1 Å². The number of hydrogen-bond acceptors (Lipinski definition) is 5. The van der Waals surface area contributed by atoms with Crippen molar-refractivity contribution < 1.29 is 4.92 Å². The SMILES string of the molecule is O=[N+]([O-])c1ccc(/C(N=Nc2ccccc2)=N/Nc2ccccc2)cc1. The number of hydrazone groups is 1. The summed E-state index contributed by atoms with van der Waals surface area (Å²) in [7, 11) is 0. The normalized spacial score (nSPS) is 11.5. The molecule has 0 radical (unpaired) electrons. The monoisotopic (exact) mass is 345 g/mol. The van der Waals surface area contributed by atoms with E-state index < -0.39 is 4.92 Å². The first-order valence-electron chi connectivity index (χ1n) is 7.83. The highest BCUT2D eigenvalue weighted by molar-refractivity contribution is 5.99. The van der Waals surface area contributed by atoms with Crippen molar-refractivity contribution in [3.63, 3.8) is 0 Å². The van der Waals surface area contributed by atoms with E-state index in [4.69, 9.17) is 0 Å². The Balaban J connectivity index is 1.90. The summed E-state index contributed by atoms with van der Waals surface area (Å²) in [6.07, 6.45) is 0. The smallest absolute Gasteiger partial charge is 0.269 e. The van der Waals surface area contributed by atoms with Crippen LogP contribution in [0.2, 0.25) is 0 Å². The lowest BCUT2D eigenvalue weighted by molar-refractivity contribution is -0.384. The number of nitro groups is 1. The Labute approximate surface area is 149 Å². The minimum Gasteiger partial charge on any atom is -0.276 e.